The number of hydrogen-bond donors (Lipinski definition) is 2. The van der Waals surface area contributed by atoms with Crippen LogP contribution in [0.4, 0.5) is 5.82 Å². The highest BCUT2D eigenvalue weighted by molar-refractivity contribution is 5.89. The average Bonchev–Trinajstić information content (AvgIpc) is 3.19. The van der Waals surface area contributed by atoms with E-state index in [1.54, 1.807) is 6.20 Å². The summed E-state index contributed by atoms with van der Waals surface area (Å²) in [5, 5.41) is 12.0. The molecule has 27 heavy (non-hydrogen) atoms. The van der Waals surface area contributed by atoms with Gasteiger partial charge in [0.25, 0.3) is 0 Å². The Morgan fingerprint density at radius 1 is 0.963 bits per heavy atom. The van der Waals surface area contributed by atoms with Crippen molar-refractivity contribution in [2.45, 2.75) is 6.04 Å². The fourth-order valence-electron chi connectivity index (χ4n) is 3.65. The van der Waals surface area contributed by atoms with Crippen molar-refractivity contribution in [2.75, 3.05) is 24.5 Å². The van der Waals surface area contributed by atoms with Crippen LogP contribution in [-0.4, -0.2) is 39.8 Å². The van der Waals surface area contributed by atoms with Crippen LogP contribution in [0.2, 0.25) is 0 Å². The van der Waals surface area contributed by atoms with E-state index in [0.29, 0.717) is 6.04 Å². The fraction of sp³-hybridized carbons (Fsp3) is 0.190. The largest absolute Gasteiger partial charge is 0.353 e. The molecule has 0 spiro atoms. The Labute approximate surface area is 157 Å². The summed E-state index contributed by atoms with van der Waals surface area (Å²) in [5.74, 6) is 0.981. The Kier molecular flexibility index (Phi) is 4.03. The molecule has 3 aromatic heterocycles. The molecular formula is C21H20N6. The summed E-state index contributed by atoms with van der Waals surface area (Å²) in [7, 11) is 0. The first kappa shape index (κ1) is 16.0. The predicted octanol–water partition coefficient (Wildman–Crippen LogP) is 3.17. The van der Waals surface area contributed by atoms with Crippen LogP contribution in [0.3, 0.4) is 0 Å². The Bertz CT molecular complexity index is 1060. The second kappa shape index (κ2) is 6.81. The van der Waals surface area contributed by atoms with E-state index in [0.717, 1.165) is 47.9 Å². The zero-order chi connectivity index (χ0) is 18.1. The Morgan fingerprint density at radius 3 is 2.81 bits per heavy atom. The van der Waals surface area contributed by atoms with Gasteiger partial charge in [0.1, 0.15) is 11.5 Å². The lowest BCUT2D eigenvalue weighted by Crippen LogP contribution is -2.46. The minimum atomic E-state index is 0.306. The minimum absolute atomic E-state index is 0.306. The maximum absolute atomic E-state index is 4.91. The van der Waals surface area contributed by atoms with Crippen LogP contribution < -0.4 is 10.2 Å². The quantitative estimate of drug-likeness (QED) is 0.590. The average molecular weight is 356 g/mol. The molecule has 0 radical (unpaired) electrons. The summed E-state index contributed by atoms with van der Waals surface area (Å²) in [6.45, 7) is 2.76. The van der Waals surface area contributed by atoms with Crippen molar-refractivity contribution in [2.24, 2.45) is 0 Å². The summed E-state index contributed by atoms with van der Waals surface area (Å²) in [6, 6.07) is 21.0. The Morgan fingerprint density at radius 2 is 1.89 bits per heavy atom. The van der Waals surface area contributed by atoms with Crippen molar-refractivity contribution < 1.29 is 0 Å². The zero-order valence-electron chi connectivity index (χ0n) is 14.8. The van der Waals surface area contributed by atoms with E-state index < -0.39 is 0 Å². The van der Waals surface area contributed by atoms with Gasteiger partial charge in [-0.3, -0.25) is 5.10 Å². The predicted molar refractivity (Wildman–Crippen MR) is 107 cm³/mol. The number of anilines is 1. The number of fused-ring (bicyclic) bond motifs is 1. The van der Waals surface area contributed by atoms with Crippen molar-refractivity contribution in [3.63, 3.8) is 0 Å². The Balaban J connectivity index is 1.45. The van der Waals surface area contributed by atoms with Gasteiger partial charge in [-0.1, -0.05) is 36.4 Å². The smallest absolute Gasteiger partial charge is 0.155 e. The van der Waals surface area contributed by atoms with Gasteiger partial charge < -0.3 is 10.2 Å². The molecule has 0 bridgehead atoms. The monoisotopic (exact) mass is 356 g/mol. The molecule has 0 aliphatic carbocycles. The summed E-state index contributed by atoms with van der Waals surface area (Å²) in [5.41, 5.74) is 3.80. The van der Waals surface area contributed by atoms with Gasteiger partial charge in [-0.15, -0.1) is 0 Å². The van der Waals surface area contributed by atoms with Crippen LogP contribution in [0.1, 0.15) is 11.6 Å². The Hall–Kier alpha value is -3.25. The number of benzene rings is 1. The third-order valence-corrected chi connectivity index (χ3v) is 5.01. The van der Waals surface area contributed by atoms with Gasteiger partial charge in [0.15, 0.2) is 5.65 Å². The third-order valence-electron chi connectivity index (χ3n) is 5.01. The molecule has 1 aliphatic heterocycles. The molecule has 1 aliphatic rings. The maximum atomic E-state index is 4.91. The first-order valence-electron chi connectivity index (χ1n) is 9.18. The topological polar surface area (TPSA) is 69.7 Å². The second-order valence-electron chi connectivity index (χ2n) is 6.72. The van der Waals surface area contributed by atoms with Crippen LogP contribution in [0.15, 0.2) is 66.9 Å². The lowest BCUT2D eigenvalue weighted by molar-refractivity contribution is 0.470. The van der Waals surface area contributed by atoms with Crippen LogP contribution in [0, 0.1) is 0 Å². The first-order valence-corrected chi connectivity index (χ1v) is 9.18. The maximum Gasteiger partial charge on any atom is 0.155 e. The molecule has 134 valence electrons. The molecule has 5 rings (SSSR count). The van der Waals surface area contributed by atoms with Crippen LogP contribution in [0.5, 0.6) is 0 Å². The number of pyridine rings is 2. The normalized spacial score (nSPS) is 17.3. The van der Waals surface area contributed by atoms with Crippen molar-refractivity contribution in [1.82, 2.24) is 25.5 Å². The SMILES string of the molecule is c1ccc([C@H]2CN(c3cccc(-c4n[nH]c5ncccc45)n3)CCN2)cc1. The van der Waals surface area contributed by atoms with E-state index in [4.69, 9.17) is 4.98 Å². The van der Waals surface area contributed by atoms with E-state index in [1.807, 2.05) is 24.3 Å². The van der Waals surface area contributed by atoms with Crippen molar-refractivity contribution in [1.29, 1.82) is 0 Å². The van der Waals surface area contributed by atoms with Crippen molar-refractivity contribution >= 4 is 16.9 Å². The lowest BCUT2D eigenvalue weighted by atomic mass is 10.0. The number of nitrogens with one attached hydrogen (secondary N) is 2. The molecule has 1 saturated heterocycles. The summed E-state index contributed by atoms with van der Waals surface area (Å²) < 4.78 is 0. The molecule has 4 heterocycles. The van der Waals surface area contributed by atoms with Gasteiger partial charge >= 0.3 is 0 Å². The summed E-state index contributed by atoms with van der Waals surface area (Å²) >= 11 is 0. The third kappa shape index (κ3) is 3.04. The molecule has 0 amide bonds. The number of rotatable bonds is 3. The van der Waals surface area contributed by atoms with Gasteiger partial charge in [0.2, 0.25) is 0 Å². The van der Waals surface area contributed by atoms with Gasteiger partial charge in [0.05, 0.1) is 5.69 Å². The standard InChI is InChI=1S/C21H20N6/c1-2-6-15(7-3-1)18-14-27(13-12-22-18)19-10-4-9-17(24-19)20-16-8-5-11-23-21(16)26-25-20/h1-11,18,22H,12-14H2,(H,23,25,26)/t18-/m1/s1. The van der Waals surface area contributed by atoms with E-state index in [1.165, 1.54) is 5.56 Å². The first-order chi connectivity index (χ1) is 13.4. The molecule has 4 aromatic rings. The number of H-pyrrole nitrogens is 1. The molecule has 1 fully saturated rings. The number of aromatic amines is 1. The lowest BCUT2D eigenvalue weighted by Gasteiger charge is -2.35. The summed E-state index contributed by atoms with van der Waals surface area (Å²) in [4.78, 5) is 11.6. The van der Waals surface area contributed by atoms with Gasteiger partial charge in [0, 0.05) is 37.3 Å². The molecule has 1 aromatic carbocycles. The molecule has 0 unspecified atom stereocenters. The van der Waals surface area contributed by atoms with Gasteiger partial charge in [-0.2, -0.15) is 5.10 Å². The van der Waals surface area contributed by atoms with E-state index in [2.05, 4.69) is 61.8 Å². The second-order valence-corrected chi connectivity index (χ2v) is 6.72. The van der Waals surface area contributed by atoms with Gasteiger partial charge in [-0.25, -0.2) is 9.97 Å². The highest BCUT2D eigenvalue weighted by atomic mass is 15.2. The molecule has 6 nitrogen and oxygen atoms in total. The number of piperazine rings is 1. The molecule has 2 N–H and O–H groups in total. The molecule has 1 atom stereocenters. The highest BCUT2D eigenvalue weighted by Gasteiger charge is 2.22. The summed E-state index contributed by atoms with van der Waals surface area (Å²) in [6.07, 6.45) is 1.76. The molecule has 6 heteroatoms. The fourth-order valence-corrected chi connectivity index (χ4v) is 3.65. The minimum Gasteiger partial charge on any atom is -0.353 e. The number of aromatic nitrogens is 4. The zero-order valence-corrected chi connectivity index (χ0v) is 14.8. The van der Waals surface area contributed by atoms with Crippen LogP contribution in [0.25, 0.3) is 22.4 Å². The van der Waals surface area contributed by atoms with E-state index in [-0.39, 0.29) is 0 Å². The molecular weight excluding hydrogens is 336 g/mol. The van der Waals surface area contributed by atoms with Gasteiger partial charge in [-0.05, 0) is 29.8 Å². The van der Waals surface area contributed by atoms with Crippen molar-refractivity contribution in [3.8, 4) is 11.4 Å². The molecule has 0 saturated carbocycles. The van der Waals surface area contributed by atoms with Crippen molar-refractivity contribution in [3.05, 3.63) is 72.4 Å². The van der Waals surface area contributed by atoms with Crippen LogP contribution in [-0.2, 0) is 0 Å². The number of nitrogens with zero attached hydrogens (tertiary/aromatic N) is 4. The number of hydrogen-bond acceptors (Lipinski definition) is 5. The van der Waals surface area contributed by atoms with E-state index in [9.17, 15) is 0 Å². The van der Waals surface area contributed by atoms with Crippen LogP contribution >= 0.6 is 0 Å². The highest BCUT2D eigenvalue weighted by Crippen LogP contribution is 2.27. The van der Waals surface area contributed by atoms with E-state index >= 15 is 0 Å².